The van der Waals surface area contributed by atoms with Crippen LogP contribution in [0.4, 0.5) is 0 Å². The number of carbonyl (C=O) groups is 1. The number of ether oxygens (including phenoxy) is 1. The van der Waals surface area contributed by atoms with Crippen LogP contribution in [0.3, 0.4) is 0 Å². The Kier molecular flexibility index (Phi) is 3.00. The number of amides is 1. The van der Waals surface area contributed by atoms with Gasteiger partial charge in [-0.1, -0.05) is 0 Å². The molecule has 2 aliphatic heterocycles. The van der Waals surface area contributed by atoms with E-state index in [-0.39, 0.29) is 17.2 Å². The molecule has 0 bridgehead atoms. The second-order valence-electron chi connectivity index (χ2n) is 5.64. The number of hydrogen-bond acceptors (Lipinski definition) is 4. The van der Waals surface area contributed by atoms with Crippen LogP contribution in [0.1, 0.15) is 19.3 Å². The van der Waals surface area contributed by atoms with Gasteiger partial charge >= 0.3 is 0 Å². The van der Waals surface area contributed by atoms with Crippen molar-refractivity contribution in [1.29, 1.82) is 5.26 Å². The normalized spacial score (nSPS) is 34.1. The first kappa shape index (κ1) is 11.9. The summed E-state index contributed by atoms with van der Waals surface area (Å²) in [6.45, 7) is 3.65. The fraction of sp³-hybridized carbons (Fsp3) is 0.846. The van der Waals surface area contributed by atoms with Gasteiger partial charge in [-0.05, 0) is 37.8 Å². The molecule has 2 unspecified atom stereocenters. The largest absolute Gasteiger partial charge is 0.360 e. The van der Waals surface area contributed by atoms with E-state index in [1.165, 1.54) is 0 Å². The molecule has 2 saturated heterocycles. The second kappa shape index (κ2) is 4.52. The maximum Gasteiger partial charge on any atom is 0.226 e. The molecule has 3 rings (SSSR count). The number of nitrogens with zero attached hydrogens (tertiary/aromatic N) is 2. The van der Waals surface area contributed by atoms with Crippen molar-refractivity contribution in [3.8, 4) is 6.07 Å². The number of nitrogens with one attached hydrogen (secondary N) is 1. The molecule has 0 aromatic carbocycles. The molecule has 5 heteroatoms. The number of nitriles is 1. The highest BCUT2D eigenvalue weighted by atomic mass is 16.5. The molecular weight excluding hydrogens is 230 g/mol. The van der Waals surface area contributed by atoms with E-state index in [2.05, 4.69) is 11.4 Å². The number of rotatable bonds is 1. The molecule has 0 aromatic heterocycles. The van der Waals surface area contributed by atoms with E-state index in [1.807, 2.05) is 4.90 Å². The lowest BCUT2D eigenvalue weighted by Crippen LogP contribution is -2.46. The van der Waals surface area contributed by atoms with E-state index in [9.17, 15) is 4.79 Å². The molecule has 1 spiro atoms. The van der Waals surface area contributed by atoms with Crippen molar-refractivity contribution in [2.24, 2.45) is 11.3 Å². The molecule has 1 saturated carbocycles. The first-order chi connectivity index (χ1) is 8.75. The molecule has 5 nitrogen and oxygen atoms in total. The lowest BCUT2D eigenvalue weighted by molar-refractivity contribution is -0.139. The lowest BCUT2D eigenvalue weighted by Gasteiger charge is -2.31. The summed E-state index contributed by atoms with van der Waals surface area (Å²) in [4.78, 5) is 14.3. The van der Waals surface area contributed by atoms with Crippen molar-refractivity contribution < 1.29 is 9.53 Å². The second-order valence-corrected chi connectivity index (χ2v) is 5.64. The summed E-state index contributed by atoms with van der Waals surface area (Å²) in [5.41, 5.74) is 0.281. The monoisotopic (exact) mass is 249 g/mol. The van der Waals surface area contributed by atoms with Gasteiger partial charge in [0, 0.05) is 12.5 Å². The van der Waals surface area contributed by atoms with Gasteiger partial charge in [-0.15, -0.1) is 0 Å². The van der Waals surface area contributed by atoms with Crippen molar-refractivity contribution in [3.63, 3.8) is 0 Å². The molecule has 0 radical (unpaired) electrons. The maximum absolute atomic E-state index is 12.4. The molecular formula is C13H19N3O2. The molecule has 3 aliphatic rings. The summed E-state index contributed by atoms with van der Waals surface area (Å²) in [5, 5.41) is 12.2. The standard InChI is InChI=1S/C13H19N3O2/c14-8-10-9-16(5-6-18-10)12(17)11-7-13(11)1-3-15-4-2-13/h10-11,15H,1-7,9H2. The van der Waals surface area contributed by atoms with Gasteiger partial charge in [0.2, 0.25) is 5.91 Å². The Hall–Kier alpha value is -1.12. The molecule has 18 heavy (non-hydrogen) atoms. The minimum atomic E-state index is -0.439. The summed E-state index contributed by atoms with van der Waals surface area (Å²) in [7, 11) is 0. The molecule has 2 atom stereocenters. The Balaban J connectivity index is 1.60. The quantitative estimate of drug-likeness (QED) is 0.717. The molecule has 2 heterocycles. The van der Waals surface area contributed by atoms with Gasteiger partial charge in [-0.25, -0.2) is 0 Å². The highest BCUT2D eigenvalue weighted by molar-refractivity contribution is 5.83. The highest BCUT2D eigenvalue weighted by Gasteiger charge is 2.58. The molecule has 1 aliphatic carbocycles. The predicted octanol–water partition coefficient (Wildman–Crippen LogP) is 0.127. The van der Waals surface area contributed by atoms with Gasteiger partial charge in [0.15, 0.2) is 6.10 Å². The van der Waals surface area contributed by atoms with Crippen LogP contribution in [-0.4, -0.2) is 49.7 Å². The zero-order chi connectivity index (χ0) is 12.6. The minimum absolute atomic E-state index is 0.206. The lowest BCUT2D eigenvalue weighted by atomic mass is 9.91. The van der Waals surface area contributed by atoms with Crippen LogP contribution in [0.5, 0.6) is 0 Å². The Morgan fingerprint density at radius 1 is 1.44 bits per heavy atom. The zero-order valence-corrected chi connectivity index (χ0v) is 10.5. The van der Waals surface area contributed by atoms with Gasteiger partial charge in [-0.2, -0.15) is 5.26 Å². The smallest absolute Gasteiger partial charge is 0.226 e. The average molecular weight is 249 g/mol. The Bertz CT molecular complexity index is 384. The molecule has 1 amide bonds. The highest BCUT2D eigenvalue weighted by Crippen LogP contribution is 2.59. The van der Waals surface area contributed by atoms with E-state index in [0.29, 0.717) is 19.7 Å². The van der Waals surface area contributed by atoms with E-state index in [4.69, 9.17) is 10.00 Å². The first-order valence-corrected chi connectivity index (χ1v) is 6.76. The van der Waals surface area contributed by atoms with Crippen LogP contribution in [0.2, 0.25) is 0 Å². The van der Waals surface area contributed by atoms with Crippen LogP contribution >= 0.6 is 0 Å². The molecule has 3 fully saturated rings. The summed E-state index contributed by atoms with van der Waals surface area (Å²) in [6.07, 6.45) is 2.85. The third-order valence-corrected chi connectivity index (χ3v) is 4.61. The predicted molar refractivity (Wildman–Crippen MR) is 64.6 cm³/mol. The SMILES string of the molecule is N#CC1CN(C(=O)C2CC23CCNCC3)CCO1. The van der Waals surface area contributed by atoms with E-state index < -0.39 is 6.10 Å². The number of hydrogen-bond donors (Lipinski definition) is 1. The topological polar surface area (TPSA) is 65.4 Å². The number of carbonyl (C=O) groups excluding carboxylic acids is 1. The average Bonchev–Trinajstić information content (AvgIpc) is 3.12. The van der Waals surface area contributed by atoms with Crippen LogP contribution in [0.25, 0.3) is 0 Å². The summed E-state index contributed by atoms with van der Waals surface area (Å²) in [5.74, 6) is 0.456. The van der Waals surface area contributed by atoms with Crippen LogP contribution in [0.15, 0.2) is 0 Å². The number of morpholine rings is 1. The van der Waals surface area contributed by atoms with Gasteiger partial charge in [0.25, 0.3) is 0 Å². The molecule has 0 aromatic rings. The van der Waals surface area contributed by atoms with Gasteiger partial charge < -0.3 is 15.0 Å². The van der Waals surface area contributed by atoms with E-state index in [1.54, 1.807) is 0 Å². The molecule has 1 N–H and O–H groups in total. The maximum atomic E-state index is 12.4. The third-order valence-electron chi connectivity index (χ3n) is 4.61. The summed E-state index contributed by atoms with van der Waals surface area (Å²) < 4.78 is 5.28. The van der Waals surface area contributed by atoms with Crippen LogP contribution in [0, 0.1) is 22.7 Å². The van der Waals surface area contributed by atoms with E-state index in [0.717, 1.165) is 32.4 Å². The first-order valence-electron chi connectivity index (χ1n) is 6.76. The van der Waals surface area contributed by atoms with Crippen molar-refractivity contribution in [1.82, 2.24) is 10.2 Å². The Morgan fingerprint density at radius 2 is 2.22 bits per heavy atom. The van der Waals surface area contributed by atoms with E-state index >= 15 is 0 Å². The van der Waals surface area contributed by atoms with Crippen molar-refractivity contribution in [2.75, 3.05) is 32.8 Å². The van der Waals surface area contributed by atoms with Gasteiger partial charge in [0.1, 0.15) is 0 Å². The summed E-state index contributed by atoms with van der Waals surface area (Å²) >= 11 is 0. The number of piperidine rings is 1. The fourth-order valence-corrected chi connectivity index (χ4v) is 3.32. The van der Waals surface area contributed by atoms with Gasteiger partial charge in [0.05, 0.1) is 19.2 Å². The van der Waals surface area contributed by atoms with Crippen LogP contribution in [-0.2, 0) is 9.53 Å². The summed E-state index contributed by atoms with van der Waals surface area (Å²) in [6, 6.07) is 2.09. The third kappa shape index (κ3) is 2.00. The van der Waals surface area contributed by atoms with Gasteiger partial charge in [-0.3, -0.25) is 4.79 Å². The fourth-order valence-electron chi connectivity index (χ4n) is 3.32. The van der Waals surface area contributed by atoms with Crippen molar-refractivity contribution >= 4 is 5.91 Å². The minimum Gasteiger partial charge on any atom is -0.360 e. The molecule has 98 valence electrons. The Morgan fingerprint density at radius 3 is 2.94 bits per heavy atom. The van der Waals surface area contributed by atoms with Crippen LogP contribution < -0.4 is 5.32 Å². The van der Waals surface area contributed by atoms with Crippen molar-refractivity contribution in [2.45, 2.75) is 25.4 Å². The zero-order valence-electron chi connectivity index (χ0n) is 10.5. The Labute approximate surface area is 107 Å². The van der Waals surface area contributed by atoms with Crippen molar-refractivity contribution in [3.05, 3.63) is 0 Å².